The van der Waals surface area contributed by atoms with E-state index in [4.69, 9.17) is 4.43 Å². The van der Waals surface area contributed by atoms with E-state index in [0.29, 0.717) is 5.92 Å². The first kappa shape index (κ1) is 16.8. The van der Waals surface area contributed by atoms with E-state index in [1.807, 2.05) is 24.3 Å². The first-order valence-corrected chi connectivity index (χ1v) is 10.2. The van der Waals surface area contributed by atoms with Crippen LogP contribution >= 0.6 is 0 Å². The second kappa shape index (κ2) is 6.44. The van der Waals surface area contributed by atoms with Crippen molar-refractivity contribution >= 4 is 14.4 Å². The molecule has 0 radical (unpaired) electrons. The Morgan fingerprint density at radius 2 is 1.75 bits per heavy atom. The highest BCUT2D eigenvalue weighted by atomic mass is 28.4. The highest BCUT2D eigenvalue weighted by Crippen LogP contribution is 2.45. The molecule has 0 heterocycles. The van der Waals surface area contributed by atoms with Crippen LogP contribution in [-0.4, -0.2) is 8.32 Å². The minimum Gasteiger partial charge on any atom is -0.544 e. The molecule has 0 fully saturated rings. The number of benzene rings is 1. The molecule has 0 spiro atoms. The molecule has 1 aromatic carbocycles. The quantitative estimate of drug-likeness (QED) is 0.361. The normalized spacial score (nSPS) is 12.9. The molecule has 0 aliphatic rings. The highest BCUT2D eigenvalue weighted by Gasteiger charge is 2.44. The van der Waals surface area contributed by atoms with E-state index in [0.717, 1.165) is 5.76 Å². The molecule has 0 unspecified atom stereocenters. The molecule has 110 valence electrons. The Labute approximate surface area is 125 Å². The molecule has 0 aliphatic heterocycles. The zero-order valence-corrected chi connectivity index (χ0v) is 14.7. The predicted octanol–water partition coefficient (Wildman–Crippen LogP) is 5.87. The van der Waals surface area contributed by atoms with E-state index >= 15 is 0 Å². The maximum Gasteiger partial charge on any atom is 0.250 e. The van der Waals surface area contributed by atoms with E-state index in [9.17, 15) is 0 Å². The molecule has 0 aliphatic carbocycles. The van der Waals surface area contributed by atoms with Crippen LogP contribution in [0.2, 0.25) is 18.1 Å². The van der Waals surface area contributed by atoms with Crippen LogP contribution in [0.4, 0.5) is 0 Å². The van der Waals surface area contributed by atoms with Crippen molar-refractivity contribution in [3.8, 4) is 0 Å². The third kappa shape index (κ3) is 4.10. The molecule has 1 rings (SSSR count). The average Bonchev–Trinajstić information content (AvgIpc) is 2.36. The molecule has 0 aromatic heterocycles. The SMILES string of the molecule is C=C(/C=C/c1ccccc1)O[Si](C)(C)C(C)(C)C(C)C. The fourth-order valence-corrected chi connectivity index (χ4v) is 4.32. The lowest BCUT2D eigenvalue weighted by Gasteiger charge is -2.42. The van der Waals surface area contributed by atoms with Gasteiger partial charge in [-0.05, 0) is 35.7 Å². The Morgan fingerprint density at radius 3 is 2.25 bits per heavy atom. The van der Waals surface area contributed by atoms with Crippen LogP contribution < -0.4 is 0 Å². The fourth-order valence-electron chi connectivity index (χ4n) is 1.94. The second-order valence-corrected chi connectivity index (χ2v) is 11.2. The fraction of sp³-hybridized carbons (Fsp3) is 0.444. The Hall–Kier alpha value is -1.28. The number of allylic oxidation sites excluding steroid dienone is 1. The van der Waals surface area contributed by atoms with Gasteiger partial charge in [0.25, 0.3) is 8.32 Å². The molecule has 1 aromatic rings. The van der Waals surface area contributed by atoms with Gasteiger partial charge >= 0.3 is 0 Å². The molecular formula is C18H28OSi. The predicted molar refractivity (Wildman–Crippen MR) is 92.1 cm³/mol. The van der Waals surface area contributed by atoms with Crippen LogP contribution in [0.5, 0.6) is 0 Å². The largest absolute Gasteiger partial charge is 0.544 e. The summed E-state index contributed by atoms with van der Waals surface area (Å²) in [6.45, 7) is 17.7. The molecular weight excluding hydrogens is 260 g/mol. The second-order valence-electron chi connectivity index (χ2n) is 6.70. The first-order valence-electron chi connectivity index (χ1n) is 7.28. The molecule has 20 heavy (non-hydrogen) atoms. The summed E-state index contributed by atoms with van der Waals surface area (Å²) < 4.78 is 6.24. The van der Waals surface area contributed by atoms with E-state index in [-0.39, 0.29) is 5.04 Å². The Morgan fingerprint density at radius 1 is 1.20 bits per heavy atom. The molecule has 0 atom stereocenters. The van der Waals surface area contributed by atoms with Crippen LogP contribution in [0.15, 0.2) is 48.7 Å². The maximum atomic E-state index is 6.24. The Bertz CT molecular complexity index is 469. The van der Waals surface area contributed by atoms with Gasteiger partial charge in [-0.1, -0.05) is 70.7 Å². The van der Waals surface area contributed by atoms with Crippen molar-refractivity contribution in [2.24, 2.45) is 5.92 Å². The van der Waals surface area contributed by atoms with Gasteiger partial charge in [0.05, 0.1) is 5.76 Å². The molecule has 0 amide bonds. The van der Waals surface area contributed by atoms with Gasteiger partial charge < -0.3 is 4.43 Å². The summed E-state index contributed by atoms with van der Waals surface area (Å²) in [4.78, 5) is 0. The summed E-state index contributed by atoms with van der Waals surface area (Å²) in [7, 11) is -1.85. The van der Waals surface area contributed by atoms with E-state index < -0.39 is 8.32 Å². The monoisotopic (exact) mass is 288 g/mol. The Balaban J connectivity index is 2.73. The number of hydrogen-bond acceptors (Lipinski definition) is 1. The van der Waals surface area contributed by atoms with Crippen LogP contribution in [-0.2, 0) is 4.43 Å². The lowest BCUT2D eigenvalue weighted by atomic mass is 9.99. The van der Waals surface area contributed by atoms with Gasteiger partial charge in [-0.15, -0.1) is 0 Å². The van der Waals surface area contributed by atoms with E-state index in [1.165, 1.54) is 5.56 Å². The van der Waals surface area contributed by atoms with E-state index in [2.05, 4.69) is 65.6 Å². The van der Waals surface area contributed by atoms with Crippen molar-refractivity contribution in [1.82, 2.24) is 0 Å². The zero-order valence-electron chi connectivity index (χ0n) is 13.7. The van der Waals surface area contributed by atoms with Crippen molar-refractivity contribution in [2.45, 2.75) is 45.8 Å². The van der Waals surface area contributed by atoms with Crippen LogP contribution in [0.3, 0.4) is 0 Å². The smallest absolute Gasteiger partial charge is 0.250 e. The number of hydrogen-bond donors (Lipinski definition) is 0. The summed E-state index contributed by atoms with van der Waals surface area (Å²) >= 11 is 0. The third-order valence-corrected chi connectivity index (χ3v) is 9.10. The number of rotatable bonds is 6. The zero-order chi connectivity index (χ0) is 15.4. The van der Waals surface area contributed by atoms with Crippen LogP contribution in [0.25, 0.3) is 6.08 Å². The van der Waals surface area contributed by atoms with Crippen molar-refractivity contribution in [2.75, 3.05) is 0 Å². The topological polar surface area (TPSA) is 9.23 Å². The van der Waals surface area contributed by atoms with Gasteiger partial charge in [0.15, 0.2) is 0 Å². The summed E-state index contributed by atoms with van der Waals surface area (Å²) in [5.74, 6) is 1.36. The first-order chi connectivity index (χ1) is 9.17. The van der Waals surface area contributed by atoms with Gasteiger partial charge in [-0.2, -0.15) is 0 Å². The van der Waals surface area contributed by atoms with Gasteiger partial charge in [0.2, 0.25) is 0 Å². The van der Waals surface area contributed by atoms with Gasteiger partial charge in [-0.25, -0.2) is 0 Å². The maximum absolute atomic E-state index is 6.24. The highest BCUT2D eigenvalue weighted by molar-refractivity contribution is 6.74. The standard InChI is InChI=1S/C18H28OSi/c1-15(2)18(4,5)20(6,7)19-16(3)13-14-17-11-9-8-10-12-17/h8-15H,3H2,1-2,4-7H3/b14-13+. The Kier molecular flexibility index (Phi) is 5.40. The molecule has 2 heteroatoms. The van der Waals surface area contributed by atoms with Crippen molar-refractivity contribution in [1.29, 1.82) is 0 Å². The molecule has 1 nitrogen and oxygen atoms in total. The van der Waals surface area contributed by atoms with Gasteiger partial charge in [0.1, 0.15) is 0 Å². The van der Waals surface area contributed by atoms with Crippen LogP contribution in [0, 0.1) is 5.92 Å². The summed E-state index contributed by atoms with van der Waals surface area (Å²) in [6.07, 6.45) is 4.02. The van der Waals surface area contributed by atoms with Crippen molar-refractivity contribution in [3.05, 3.63) is 54.3 Å². The third-order valence-electron chi connectivity index (χ3n) is 4.64. The van der Waals surface area contributed by atoms with Crippen LogP contribution in [0.1, 0.15) is 33.3 Å². The summed E-state index contributed by atoms with van der Waals surface area (Å²) in [5, 5.41) is 0.205. The summed E-state index contributed by atoms with van der Waals surface area (Å²) in [5.41, 5.74) is 1.17. The summed E-state index contributed by atoms with van der Waals surface area (Å²) in [6, 6.07) is 10.2. The lowest BCUT2D eigenvalue weighted by Crippen LogP contribution is -2.44. The molecule has 0 N–H and O–H groups in total. The minimum absolute atomic E-state index is 0.205. The van der Waals surface area contributed by atoms with E-state index in [1.54, 1.807) is 0 Å². The molecule has 0 saturated carbocycles. The lowest BCUT2D eigenvalue weighted by molar-refractivity contribution is 0.349. The molecule has 0 saturated heterocycles. The van der Waals surface area contributed by atoms with Gasteiger partial charge in [-0.3, -0.25) is 0 Å². The van der Waals surface area contributed by atoms with Crippen molar-refractivity contribution in [3.63, 3.8) is 0 Å². The minimum atomic E-state index is -1.85. The molecule has 0 bridgehead atoms. The average molecular weight is 289 g/mol. The van der Waals surface area contributed by atoms with Gasteiger partial charge in [0, 0.05) is 0 Å². The van der Waals surface area contributed by atoms with Crippen molar-refractivity contribution < 1.29 is 4.43 Å².